The molecule has 0 bridgehead atoms. The predicted octanol–water partition coefficient (Wildman–Crippen LogP) is 3.20. The molecule has 0 aromatic rings. The molecule has 0 spiro atoms. The first-order valence-corrected chi connectivity index (χ1v) is 9.25. The maximum absolute atomic E-state index is 5.68. The summed E-state index contributed by atoms with van der Waals surface area (Å²) in [5.41, 5.74) is -0.0289. The van der Waals surface area contributed by atoms with E-state index in [4.69, 9.17) is 26.6 Å². The maximum atomic E-state index is 5.68. The number of thiol groups is 1. The summed E-state index contributed by atoms with van der Waals surface area (Å²) in [4.78, 5) is 0. The summed E-state index contributed by atoms with van der Waals surface area (Å²) in [6.45, 7) is 6.47. The van der Waals surface area contributed by atoms with Crippen molar-refractivity contribution in [2.24, 2.45) is 0 Å². The lowest BCUT2D eigenvalue weighted by Gasteiger charge is -2.26. The highest BCUT2D eigenvalue weighted by Crippen LogP contribution is 2.27. The molecular formula is C8H18OS4. The molecule has 0 amide bonds. The van der Waals surface area contributed by atoms with Gasteiger partial charge in [0, 0.05) is 0 Å². The van der Waals surface area contributed by atoms with Crippen molar-refractivity contribution in [2.45, 2.75) is 52.1 Å². The summed E-state index contributed by atoms with van der Waals surface area (Å²) < 4.78 is 5.68. The van der Waals surface area contributed by atoms with E-state index >= 15 is 0 Å². The van der Waals surface area contributed by atoms with Gasteiger partial charge in [0.2, 0.25) is 0 Å². The van der Waals surface area contributed by atoms with Crippen LogP contribution in [-0.2, 0) is 33.6 Å². The monoisotopic (exact) mass is 258 g/mol. The Morgan fingerprint density at radius 1 is 1.38 bits per heavy atom. The van der Waals surface area contributed by atoms with Crippen molar-refractivity contribution in [3.8, 4) is 0 Å². The Morgan fingerprint density at radius 2 is 2.00 bits per heavy atom. The molecule has 0 saturated carbocycles. The molecule has 0 heterocycles. The fourth-order valence-electron chi connectivity index (χ4n) is 0.948. The van der Waals surface area contributed by atoms with Crippen molar-refractivity contribution >= 4 is 40.5 Å². The zero-order valence-electron chi connectivity index (χ0n) is 8.41. The van der Waals surface area contributed by atoms with Crippen LogP contribution in [0.4, 0.5) is 0 Å². The molecular weight excluding hydrogens is 240 g/mol. The van der Waals surface area contributed by atoms with E-state index in [9.17, 15) is 0 Å². The molecule has 0 N–H and O–H groups in total. The lowest BCUT2D eigenvalue weighted by atomic mass is 9.97. The fraction of sp³-hybridized carbons (Fsp3) is 1.00. The van der Waals surface area contributed by atoms with Gasteiger partial charge in [-0.2, -0.15) is 0 Å². The first-order chi connectivity index (χ1) is 6.04. The number of unbranched alkanes of at least 4 members (excludes halogenated alkanes) is 1. The van der Waals surface area contributed by atoms with Gasteiger partial charge in [0.05, 0.1) is 16.7 Å². The average Bonchev–Trinajstić information content (AvgIpc) is 2.11. The van der Waals surface area contributed by atoms with Gasteiger partial charge in [-0.3, -0.25) is 4.18 Å². The first kappa shape index (κ1) is 14.1. The van der Waals surface area contributed by atoms with Gasteiger partial charge in [-0.1, -0.05) is 26.7 Å². The Morgan fingerprint density at radius 3 is 2.38 bits per heavy atom. The van der Waals surface area contributed by atoms with Crippen LogP contribution in [0.2, 0.25) is 0 Å². The van der Waals surface area contributed by atoms with Gasteiger partial charge in [0.25, 0.3) is 0 Å². The molecule has 13 heavy (non-hydrogen) atoms. The number of hydrogen-bond donors (Lipinski definition) is 1. The van der Waals surface area contributed by atoms with Crippen molar-refractivity contribution in [3.63, 3.8) is 0 Å². The Balaban J connectivity index is 3.94. The molecule has 0 saturated heterocycles. The molecule has 0 aromatic carbocycles. The highest BCUT2D eigenvalue weighted by molar-refractivity contribution is 8.89. The van der Waals surface area contributed by atoms with E-state index in [1.54, 1.807) is 0 Å². The van der Waals surface area contributed by atoms with Gasteiger partial charge in [-0.05, 0) is 49.2 Å². The van der Waals surface area contributed by atoms with Crippen molar-refractivity contribution in [3.05, 3.63) is 0 Å². The molecule has 0 rings (SSSR count). The van der Waals surface area contributed by atoms with Crippen LogP contribution in [0, 0.1) is 0 Å². The molecule has 1 atom stereocenters. The molecule has 0 fully saturated rings. The van der Waals surface area contributed by atoms with E-state index in [-0.39, 0.29) is 5.60 Å². The van der Waals surface area contributed by atoms with Gasteiger partial charge in [-0.25, -0.2) is 0 Å². The number of rotatable bonds is 7. The molecule has 1 nitrogen and oxygen atoms in total. The SMILES string of the molecule is CCCC[C@](C)(CC)OS[SH](=S)=S. The Hall–Kier alpha value is 1.10. The molecule has 0 aliphatic rings. The van der Waals surface area contributed by atoms with Crippen molar-refractivity contribution < 1.29 is 4.18 Å². The van der Waals surface area contributed by atoms with Crippen LogP contribution in [0.25, 0.3) is 0 Å². The van der Waals surface area contributed by atoms with E-state index < -0.39 is 7.05 Å². The summed E-state index contributed by atoms with van der Waals surface area (Å²) >= 11 is 11.2. The molecule has 80 valence electrons. The van der Waals surface area contributed by atoms with E-state index in [2.05, 4.69) is 20.8 Å². The molecule has 0 aliphatic heterocycles. The maximum Gasteiger partial charge on any atom is 0.0809 e. The van der Waals surface area contributed by atoms with Crippen molar-refractivity contribution in [1.82, 2.24) is 0 Å². The summed E-state index contributed by atoms with van der Waals surface area (Å²) in [5.74, 6) is 0. The highest BCUT2D eigenvalue weighted by Gasteiger charge is 2.22. The van der Waals surface area contributed by atoms with Crippen LogP contribution >= 0.6 is 11.1 Å². The molecule has 0 radical (unpaired) electrons. The summed E-state index contributed by atoms with van der Waals surface area (Å²) in [7, 11) is -0.824. The normalized spacial score (nSPS) is 16.0. The third kappa shape index (κ3) is 7.08. The van der Waals surface area contributed by atoms with Gasteiger partial charge in [0.1, 0.15) is 0 Å². The third-order valence-corrected chi connectivity index (χ3v) is 4.39. The Labute approximate surface area is 96.4 Å². The third-order valence-electron chi connectivity index (χ3n) is 2.11. The highest BCUT2D eigenvalue weighted by atomic mass is 33.5. The summed E-state index contributed by atoms with van der Waals surface area (Å²) in [6, 6.07) is 0. The second kappa shape index (κ2) is 7.40. The molecule has 5 heteroatoms. The quantitative estimate of drug-likeness (QED) is 0.426. The van der Waals surface area contributed by atoms with E-state index in [1.165, 1.54) is 23.9 Å². The summed E-state index contributed by atoms with van der Waals surface area (Å²) in [5, 5.41) is 0. The average molecular weight is 258 g/mol. The molecule has 0 unspecified atom stereocenters. The van der Waals surface area contributed by atoms with Gasteiger partial charge in [0.15, 0.2) is 0 Å². The van der Waals surface area contributed by atoms with E-state index in [0.717, 1.165) is 12.8 Å². The van der Waals surface area contributed by atoms with Crippen LogP contribution in [0.5, 0.6) is 0 Å². The molecule has 0 aromatic heterocycles. The standard InChI is InChI=1S/C8H18OS4/c1-4-6-7-8(3,5-2)9-12-13(10)11/h13H,4-7H2,1-3H3/t8-/m0/s1. The minimum Gasteiger partial charge on any atom is -0.298 e. The lowest BCUT2D eigenvalue weighted by molar-refractivity contribution is 0.101. The minimum absolute atomic E-state index is 0.0289. The smallest absolute Gasteiger partial charge is 0.0809 e. The van der Waals surface area contributed by atoms with Crippen LogP contribution < -0.4 is 0 Å². The Kier molecular flexibility index (Phi) is 8.03. The zero-order chi connectivity index (χ0) is 10.3. The molecule has 0 aliphatic carbocycles. The van der Waals surface area contributed by atoms with E-state index in [0.29, 0.717) is 0 Å². The predicted molar refractivity (Wildman–Crippen MR) is 70.4 cm³/mol. The first-order valence-electron chi connectivity index (χ1n) is 4.54. The largest absolute Gasteiger partial charge is 0.298 e. The van der Waals surface area contributed by atoms with Crippen LogP contribution in [-0.4, -0.2) is 5.60 Å². The van der Waals surface area contributed by atoms with E-state index in [1.807, 2.05) is 0 Å². The fourth-order valence-corrected chi connectivity index (χ4v) is 2.66. The second-order valence-electron chi connectivity index (χ2n) is 3.29. The van der Waals surface area contributed by atoms with Crippen molar-refractivity contribution in [1.29, 1.82) is 0 Å². The Bertz CT molecular complexity index is 194. The number of hydrogen-bond acceptors (Lipinski definition) is 4. The minimum atomic E-state index is -0.824. The van der Waals surface area contributed by atoms with Crippen LogP contribution in [0.3, 0.4) is 0 Å². The zero-order valence-corrected chi connectivity index (χ0v) is 11.8. The van der Waals surface area contributed by atoms with Crippen molar-refractivity contribution in [2.75, 3.05) is 0 Å². The van der Waals surface area contributed by atoms with Gasteiger partial charge >= 0.3 is 0 Å². The summed E-state index contributed by atoms with van der Waals surface area (Å²) in [6.07, 6.45) is 4.53. The van der Waals surface area contributed by atoms with Crippen LogP contribution in [0.1, 0.15) is 46.5 Å². The van der Waals surface area contributed by atoms with Gasteiger partial charge < -0.3 is 0 Å². The van der Waals surface area contributed by atoms with Gasteiger partial charge in [-0.15, -0.1) is 0 Å². The second-order valence-corrected chi connectivity index (χ2v) is 9.87. The van der Waals surface area contributed by atoms with Crippen LogP contribution in [0.15, 0.2) is 0 Å². The lowest BCUT2D eigenvalue weighted by Crippen LogP contribution is -2.24. The topological polar surface area (TPSA) is 9.23 Å².